The van der Waals surface area contributed by atoms with Crippen molar-refractivity contribution in [3.05, 3.63) is 101 Å². The summed E-state index contributed by atoms with van der Waals surface area (Å²) in [7, 11) is 0. The Morgan fingerprint density at radius 2 is 1.71 bits per heavy atom. The van der Waals surface area contributed by atoms with Crippen LogP contribution in [0.4, 0.5) is 13.2 Å². The Balaban J connectivity index is 1.52. The van der Waals surface area contributed by atoms with Gasteiger partial charge in [-0.05, 0) is 30.7 Å². The van der Waals surface area contributed by atoms with Gasteiger partial charge in [0.1, 0.15) is 17.5 Å². The van der Waals surface area contributed by atoms with Crippen molar-refractivity contribution in [3.8, 4) is 11.4 Å². The molecule has 9 heteroatoms. The number of halogens is 3. The minimum absolute atomic E-state index is 0.0165. The number of thioether (sulfide) groups is 1. The molecule has 4 aromatic rings. The van der Waals surface area contributed by atoms with Crippen molar-refractivity contribution in [2.24, 2.45) is 0 Å². The predicted molar refractivity (Wildman–Crippen MR) is 125 cm³/mol. The molecule has 0 saturated carbocycles. The average molecular weight is 483 g/mol. The third kappa shape index (κ3) is 5.48. The van der Waals surface area contributed by atoms with E-state index in [2.05, 4.69) is 15.5 Å². The zero-order valence-corrected chi connectivity index (χ0v) is 19.0. The Labute approximate surface area is 199 Å². The summed E-state index contributed by atoms with van der Waals surface area (Å²) in [6.07, 6.45) is 0. The van der Waals surface area contributed by atoms with Gasteiger partial charge in [0.05, 0.1) is 23.9 Å². The maximum absolute atomic E-state index is 14.5. The highest BCUT2D eigenvalue weighted by molar-refractivity contribution is 7.99. The molecule has 0 saturated heterocycles. The smallest absolute Gasteiger partial charge is 0.230 e. The summed E-state index contributed by atoms with van der Waals surface area (Å²) in [6, 6.07) is 18.5. The Hall–Kier alpha value is -3.59. The zero-order valence-electron chi connectivity index (χ0n) is 18.2. The average Bonchev–Trinajstić information content (AvgIpc) is 3.20. The topological polar surface area (TPSA) is 59.8 Å². The number of hydrogen-bond acceptors (Lipinski definition) is 4. The lowest BCUT2D eigenvalue weighted by molar-refractivity contribution is -0.119. The van der Waals surface area contributed by atoms with Crippen LogP contribution in [0.15, 0.2) is 78.0 Å². The monoisotopic (exact) mass is 482 g/mol. The number of carbonyl (C=O) groups is 1. The summed E-state index contributed by atoms with van der Waals surface area (Å²) >= 11 is 1.14. The molecule has 1 aromatic heterocycles. The highest BCUT2D eigenvalue weighted by Crippen LogP contribution is 2.27. The van der Waals surface area contributed by atoms with Crippen molar-refractivity contribution in [1.82, 2.24) is 20.1 Å². The first-order valence-corrected chi connectivity index (χ1v) is 11.5. The maximum Gasteiger partial charge on any atom is 0.230 e. The third-order valence-electron chi connectivity index (χ3n) is 5.15. The molecule has 0 aliphatic heterocycles. The van der Waals surface area contributed by atoms with Crippen molar-refractivity contribution >= 4 is 17.7 Å². The molecule has 4 rings (SSSR count). The second-order valence-electron chi connectivity index (χ2n) is 7.60. The lowest BCUT2D eigenvalue weighted by Gasteiger charge is -2.15. The third-order valence-corrected chi connectivity index (χ3v) is 6.12. The molecule has 174 valence electrons. The molecule has 0 bridgehead atoms. The first-order chi connectivity index (χ1) is 16.4. The first-order valence-electron chi connectivity index (χ1n) is 10.5. The zero-order chi connectivity index (χ0) is 24.1. The molecule has 1 atom stereocenters. The molecule has 5 nitrogen and oxygen atoms in total. The minimum atomic E-state index is -0.724. The number of amides is 1. The van der Waals surface area contributed by atoms with Crippen LogP contribution in [-0.2, 0) is 11.3 Å². The van der Waals surface area contributed by atoms with E-state index >= 15 is 0 Å². The molecule has 1 heterocycles. The number of nitrogens with one attached hydrogen (secondary N) is 1. The van der Waals surface area contributed by atoms with Crippen molar-refractivity contribution in [3.63, 3.8) is 0 Å². The van der Waals surface area contributed by atoms with Gasteiger partial charge in [-0.1, -0.05) is 60.3 Å². The van der Waals surface area contributed by atoms with E-state index in [0.717, 1.165) is 29.5 Å². The number of carbonyl (C=O) groups excluding carboxylic acids is 1. The number of hydrogen-bond donors (Lipinski definition) is 1. The fourth-order valence-corrected chi connectivity index (χ4v) is 4.24. The van der Waals surface area contributed by atoms with Gasteiger partial charge in [0, 0.05) is 11.6 Å². The van der Waals surface area contributed by atoms with Crippen LogP contribution >= 0.6 is 11.8 Å². The summed E-state index contributed by atoms with van der Waals surface area (Å²) in [5.74, 6) is -1.85. The van der Waals surface area contributed by atoms with Crippen LogP contribution in [0.1, 0.15) is 24.1 Å². The Kier molecular flexibility index (Phi) is 7.32. The van der Waals surface area contributed by atoms with Crippen LogP contribution in [0.25, 0.3) is 11.4 Å². The van der Waals surface area contributed by atoms with E-state index in [0.29, 0.717) is 23.1 Å². The van der Waals surface area contributed by atoms with E-state index in [1.54, 1.807) is 29.7 Å². The molecule has 0 spiro atoms. The van der Waals surface area contributed by atoms with Crippen molar-refractivity contribution in [1.29, 1.82) is 0 Å². The fourth-order valence-electron chi connectivity index (χ4n) is 3.49. The van der Waals surface area contributed by atoms with E-state index in [9.17, 15) is 18.0 Å². The highest BCUT2D eigenvalue weighted by Gasteiger charge is 2.20. The lowest BCUT2D eigenvalue weighted by Crippen LogP contribution is -2.29. The van der Waals surface area contributed by atoms with E-state index in [1.165, 1.54) is 12.1 Å². The number of rotatable bonds is 8. The van der Waals surface area contributed by atoms with Gasteiger partial charge in [0.2, 0.25) is 5.91 Å². The van der Waals surface area contributed by atoms with E-state index < -0.39 is 23.5 Å². The van der Waals surface area contributed by atoms with Crippen molar-refractivity contribution in [2.75, 3.05) is 5.75 Å². The molecule has 3 aromatic carbocycles. The van der Waals surface area contributed by atoms with Gasteiger partial charge in [-0.2, -0.15) is 0 Å². The molecule has 1 N–H and O–H groups in total. The number of nitrogens with zero attached hydrogens (tertiary/aromatic N) is 3. The number of aromatic nitrogens is 3. The highest BCUT2D eigenvalue weighted by atomic mass is 32.2. The van der Waals surface area contributed by atoms with Gasteiger partial charge in [-0.15, -0.1) is 10.2 Å². The van der Waals surface area contributed by atoms with E-state index in [-0.39, 0.29) is 17.2 Å². The van der Waals surface area contributed by atoms with Gasteiger partial charge < -0.3 is 5.32 Å². The predicted octanol–water partition coefficient (Wildman–Crippen LogP) is 5.38. The van der Waals surface area contributed by atoms with E-state index in [4.69, 9.17) is 0 Å². The number of benzene rings is 3. The molecule has 0 fully saturated rings. The summed E-state index contributed by atoms with van der Waals surface area (Å²) in [5, 5.41) is 11.5. The molecular formula is C25H21F3N4OS. The van der Waals surface area contributed by atoms with Crippen LogP contribution in [0, 0.1) is 17.5 Å². The quantitative estimate of drug-likeness (QED) is 0.343. The second kappa shape index (κ2) is 10.6. The molecule has 0 aliphatic carbocycles. The van der Waals surface area contributed by atoms with Crippen LogP contribution in [0.2, 0.25) is 0 Å². The Morgan fingerprint density at radius 3 is 2.44 bits per heavy atom. The molecular weight excluding hydrogens is 461 g/mol. The summed E-state index contributed by atoms with van der Waals surface area (Å²) in [5.41, 5.74) is 1.46. The molecule has 0 aliphatic rings. The SMILES string of the molecule is CC(NC(=O)CSc1nnc(-c2ccccc2F)n1Cc1ccccc1)c1ccc(F)cc1F. The van der Waals surface area contributed by atoms with E-state index in [1.807, 2.05) is 30.3 Å². The van der Waals surface area contributed by atoms with Crippen molar-refractivity contribution < 1.29 is 18.0 Å². The van der Waals surface area contributed by atoms with Crippen molar-refractivity contribution in [2.45, 2.75) is 24.7 Å². The van der Waals surface area contributed by atoms with Crippen LogP contribution in [-0.4, -0.2) is 26.4 Å². The van der Waals surface area contributed by atoms with Gasteiger partial charge in [0.25, 0.3) is 0 Å². The van der Waals surface area contributed by atoms with Gasteiger partial charge in [-0.25, -0.2) is 13.2 Å². The first kappa shape index (κ1) is 23.6. The van der Waals surface area contributed by atoms with Crippen LogP contribution in [0.3, 0.4) is 0 Å². The van der Waals surface area contributed by atoms with Gasteiger partial charge in [0.15, 0.2) is 11.0 Å². The maximum atomic E-state index is 14.5. The van der Waals surface area contributed by atoms with Gasteiger partial charge >= 0.3 is 0 Å². The van der Waals surface area contributed by atoms with Crippen LogP contribution < -0.4 is 5.32 Å². The largest absolute Gasteiger partial charge is 0.349 e. The summed E-state index contributed by atoms with van der Waals surface area (Å²) in [6.45, 7) is 2.01. The summed E-state index contributed by atoms with van der Waals surface area (Å²) in [4.78, 5) is 12.5. The minimum Gasteiger partial charge on any atom is -0.349 e. The van der Waals surface area contributed by atoms with Crippen LogP contribution in [0.5, 0.6) is 0 Å². The Morgan fingerprint density at radius 1 is 0.971 bits per heavy atom. The van der Waals surface area contributed by atoms with Gasteiger partial charge in [-0.3, -0.25) is 9.36 Å². The molecule has 1 amide bonds. The standard InChI is InChI=1S/C25H21F3N4OS/c1-16(19-12-11-18(26)13-22(19)28)29-23(33)15-34-25-31-30-24(20-9-5-6-10-21(20)27)32(25)14-17-7-3-2-4-8-17/h2-13,16H,14-15H2,1H3,(H,29,33). The second-order valence-corrected chi connectivity index (χ2v) is 8.54. The molecule has 1 unspecified atom stereocenters. The molecule has 0 radical (unpaired) electrons. The summed E-state index contributed by atoms with van der Waals surface area (Å²) < 4.78 is 43.4. The Bertz CT molecular complexity index is 1300. The fraction of sp³-hybridized carbons (Fsp3) is 0.160. The lowest BCUT2D eigenvalue weighted by atomic mass is 10.1. The normalized spacial score (nSPS) is 11.9. The molecule has 34 heavy (non-hydrogen) atoms.